The molecule has 0 fully saturated rings. The molecule has 0 saturated carbocycles. The Kier molecular flexibility index (Phi) is 6.07. The highest BCUT2D eigenvalue weighted by Crippen LogP contribution is 2.31. The van der Waals surface area contributed by atoms with E-state index in [4.69, 9.17) is 11.6 Å². The Morgan fingerprint density at radius 3 is 2.19 bits per heavy atom. The third-order valence-corrected chi connectivity index (χ3v) is 6.89. The molecule has 0 amide bonds. The Morgan fingerprint density at radius 2 is 1.52 bits per heavy atom. The molecule has 13 heteroatoms. The predicted octanol–water partition coefficient (Wildman–Crippen LogP) is 4.06. The molecule has 3 aromatic rings. The number of sulfonamides is 2. The Balaban J connectivity index is 1.97. The van der Waals surface area contributed by atoms with Crippen LogP contribution in [-0.4, -0.2) is 21.9 Å². The largest absolute Gasteiger partial charge is 0.506 e. The molecule has 3 aromatic carbocycles. The van der Waals surface area contributed by atoms with Gasteiger partial charge in [-0.15, -0.1) is 0 Å². The van der Waals surface area contributed by atoms with Gasteiger partial charge in [0, 0.05) is 5.02 Å². The van der Waals surface area contributed by atoms with Crippen LogP contribution in [0.2, 0.25) is 5.02 Å². The summed E-state index contributed by atoms with van der Waals surface area (Å²) in [6.07, 6.45) is 0. The third-order valence-electron chi connectivity index (χ3n) is 3.89. The molecule has 164 valence electrons. The molecule has 31 heavy (non-hydrogen) atoms. The third kappa shape index (κ3) is 4.86. The minimum Gasteiger partial charge on any atom is -0.506 e. The van der Waals surface area contributed by atoms with Crippen molar-refractivity contribution < 1.29 is 35.1 Å². The molecule has 0 atom stereocenters. The van der Waals surface area contributed by atoms with Gasteiger partial charge in [0.05, 0.1) is 16.3 Å². The first kappa shape index (κ1) is 22.7. The van der Waals surface area contributed by atoms with Crippen molar-refractivity contribution in [1.29, 1.82) is 0 Å². The molecule has 0 heterocycles. The lowest BCUT2D eigenvalue weighted by atomic mass is 10.3. The molecular formula is C18H12ClF3N2O5S2. The van der Waals surface area contributed by atoms with Crippen molar-refractivity contribution in [2.75, 3.05) is 9.44 Å². The van der Waals surface area contributed by atoms with Crippen molar-refractivity contribution in [2.45, 2.75) is 9.79 Å². The molecule has 0 unspecified atom stereocenters. The number of rotatable bonds is 6. The highest BCUT2D eigenvalue weighted by molar-refractivity contribution is 7.93. The van der Waals surface area contributed by atoms with Crippen molar-refractivity contribution >= 4 is 43.0 Å². The summed E-state index contributed by atoms with van der Waals surface area (Å²) in [7, 11) is -9.11. The first-order chi connectivity index (χ1) is 14.4. The van der Waals surface area contributed by atoms with E-state index in [9.17, 15) is 35.1 Å². The van der Waals surface area contributed by atoms with E-state index in [0.29, 0.717) is 12.1 Å². The summed E-state index contributed by atoms with van der Waals surface area (Å²) in [5.74, 6) is -6.28. The maximum Gasteiger partial charge on any atom is 0.265 e. The number of hydrogen-bond acceptors (Lipinski definition) is 5. The van der Waals surface area contributed by atoms with E-state index in [1.54, 1.807) is 4.72 Å². The molecule has 0 radical (unpaired) electrons. The van der Waals surface area contributed by atoms with Crippen LogP contribution < -0.4 is 9.44 Å². The van der Waals surface area contributed by atoms with Crippen LogP contribution in [0.4, 0.5) is 24.5 Å². The van der Waals surface area contributed by atoms with E-state index in [-0.39, 0.29) is 10.7 Å². The van der Waals surface area contributed by atoms with Gasteiger partial charge in [0.15, 0.2) is 17.5 Å². The smallest absolute Gasteiger partial charge is 0.265 e. The van der Waals surface area contributed by atoms with Crippen molar-refractivity contribution in [3.8, 4) is 5.75 Å². The van der Waals surface area contributed by atoms with Crippen LogP contribution in [0.15, 0.2) is 64.4 Å². The molecule has 0 saturated heterocycles. The molecule has 0 aliphatic rings. The van der Waals surface area contributed by atoms with E-state index in [0.717, 1.165) is 18.2 Å². The van der Waals surface area contributed by atoms with Gasteiger partial charge in [-0.25, -0.2) is 30.0 Å². The summed E-state index contributed by atoms with van der Waals surface area (Å²) in [4.78, 5) is -1.70. The standard InChI is InChI=1S/C18H12ClF3N2O5S2/c19-10-2-1-3-11(8-10)23-30(26,27)12-4-6-15(25)14(9-12)24-31(28,29)16-7-5-13(20)17(21)18(16)22/h1-9,23-25H. The Morgan fingerprint density at radius 1 is 0.806 bits per heavy atom. The van der Waals surface area contributed by atoms with Crippen LogP contribution >= 0.6 is 11.6 Å². The summed E-state index contributed by atoms with van der Waals surface area (Å²) >= 11 is 5.80. The molecule has 0 aromatic heterocycles. The van der Waals surface area contributed by atoms with Crippen LogP contribution in [0.5, 0.6) is 5.75 Å². The summed E-state index contributed by atoms with van der Waals surface area (Å²) in [6, 6.07) is 9.27. The van der Waals surface area contributed by atoms with E-state index >= 15 is 0 Å². The molecule has 0 aliphatic heterocycles. The minimum absolute atomic E-state index is 0.117. The minimum atomic E-state index is -4.86. The second-order valence-electron chi connectivity index (χ2n) is 6.07. The van der Waals surface area contributed by atoms with Crippen LogP contribution in [-0.2, 0) is 20.0 Å². The van der Waals surface area contributed by atoms with Crippen molar-refractivity contribution in [3.05, 3.63) is 77.1 Å². The lowest BCUT2D eigenvalue weighted by molar-refractivity contribution is 0.432. The zero-order valence-electron chi connectivity index (χ0n) is 15.1. The summed E-state index contributed by atoms with van der Waals surface area (Å²) < 4.78 is 94.3. The van der Waals surface area contributed by atoms with Gasteiger partial charge in [0.25, 0.3) is 20.0 Å². The van der Waals surface area contributed by atoms with Gasteiger partial charge < -0.3 is 5.11 Å². The maximum atomic E-state index is 13.9. The SMILES string of the molecule is O=S(=O)(Nc1cccc(Cl)c1)c1ccc(O)c(NS(=O)(=O)c2ccc(F)c(F)c2F)c1. The average Bonchev–Trinajstić information content (AvgIpc) is 2.67. The zero-order chi connectivity index (χ0) is 23.0. The number of phenols is 1. The van der Waals surface area contributed by atoms with E-state index in [1.165, 1.54) is 24.3 Å². The number of phenolic OH excluding ortho intramolecular Hbond substituents is 1. The molecule has 3 rings (SSSR count). The Labute approximate surface area is 180 Å². The number of halogens is 4. The topological polar surface area (TPSA) is 113 Å². The quantitative estimate of drug-likeness (QED) is 0.355. The highest BCUT2D eigenvalue weighted by Gasteiger charge is 2.26. The number of aromatic hydroxyl groups is 1. The number of nitrogens with one attached hydrogen (secondary N) is 2. The summed E-state index contributed by atoms with van der Waals surface area (Å²) in [5.41, 5.74) is -0.523. The van der Waals surface area contributed by atoms with E-state index < -0.39 is 58.7 Å². The van der Waals surface area contributed by atoms with Crippen LogP contribution in [0.25, 0.3) is 0 Å². The first-order valence-corrected chi connectivity index (χ1v) is 11.5. The van der Waals surface area contributed by atoms with Crippen LogP contribution in [0.3, 0.4) is 0 Å². The zero-order valence-corrected chi connectivity index (χ0v) is 17.5. The van der Waals surface area contributed by atoms with Gasteiger partial charge in [-0.3, -0.25) is 9.44 Å². The van der Waals surface area contributed by atoms with Crippen molar-refractivity contribution in [2.24, 2.45) is 0 Å². The van der Waals surface area contributed by atoms with Gasteiger partial charge in [-0.1, -0.05) is 17.7 Å². The lowest BCUT2D eigenvalue weighted by Gasteiger charge is -2.13. The fourth-order valence-corrected chi connectivity index (χ4v) is 4.85. The van der Waals surface area contributed by atoms with E-state index in [1.807, 2.05) is 0 Å². The predicted molar refractivity (Wildman–Crippen MR) is 107 cm³/mol. The van der Waals surface area contributed by atoms with Crippen molar-refractivity contribution in [3.63, 3.8) is 0 Å². The molecule has 7 nitrogen and oxygen atoms in total. The Bertz CT molecular complexity index is 1380. The number of benzene rings is 3. The number of anilines is 2. The summed E-state index contributed by atoms with van der Waals surface area (Å²) in [6.45, 7) is 0. The fourth-order valence-electron chi connectivity index (χ4n) is 2.45. The monoisotopic (exact) mass is 492 g/mol. The van der Waals surface area contributed by atoms with Gasteiger partial charge in [-0.05, 0) is 48.5 Å². The van der Waals surface area contributed by atoms with Crippen LogP contribution in [0, 0.1) is 17.5 Å². The van der Waals surface area contributed by atoms with Gasteiger partial charge in [0.1, 0.15) is 10.6 Å². The average molecular weight is 493 g/mol. The maximum absolute atomic E-state index is 13.9. The molecule has 0 aliphatic carbocycles. The lowest BCUT2D eigenvalue weighted by Crippen LogP contribution is -2.17. The van der Waals surface area contributed by atoms with Gasteiger partial charge in [-0.2, -0.15) is 0 Å². The summed E-state index contributed by atoms with van der Waals surface area (Å²) in [5, 5.41) is 10.2. The second kappa shape index (κ2) is 8.29. The molecular weight excluding hydrogens is 481 g/mol. The van der Waals surface area contributed by atoms with Gasteiger partial charge in [0.2, 0.25) is 0 Å². The molecule has 3 N–H and O–H groups in total. The van der Waals surface area contributed by atoms with Crippen molar-refractivity contribution in [1.82, 2.24) is 0 Å². The van der Waals surface area contributed by atoms with E-state index in [2.05, 4.69) is 4.72 Å². The molecule has 0 bridgehead atoms. The van der Waals surface area contributed by atoms with Gasteiger partial charge >= 0.3 is 0 Å². The Hall–Kier alpha value is -2.96. The fraction of sp³-hybridized carbons (Fsp3) is 0. The first-order valence-electron chi connectivity index (χ1n) is 8.18. The molecule has 0 spiro atoms. The normalized spacial score (nSPS) is 11.9. The van der Waals surface area contributed by atoms with Crippen LogP contribution in [0.1, 0.15) is 0 Å². The number of hydrogen-bond donors (Lipinski definition) is 3. The highest BCUT2D eigenvalue weighted by atomic mass is 35.5. The second-order valence-corrected chi connectivity index (χ2v) is 9.84.